The number of amides is 1. The van der Waals surface area contributed by atoms with Crippen LogP contribution in [0.2, 0.25) is 0 Å². The molecular formula is C16H22N2O3. The molecule has 0 aromatic heterocycles. The predicted molar refractivity (Wildman–Crippen MR) is 81.6 cm³/mol. The topological polar surface area (TPSA) is 83.6 Å². The highest BCUT2D eigenvalue weighted by atomic mass is 16.4. The Hall–Kier alpha value is -1.88. The van der Waals surface area contributed by atoms with Crippen LogP contribution in [0.3, 0.4) is 0 Å². The lowest BCUT2D eigenvalue weighted by molar-refractivity contribution is -0.119. The number of benzene rings is 1. The first-order valence-electron chi connectivity index (χ1n) is 7.23. The van der Waals surface area contributed by atoms with Crippen molar-refractivity contribution in [2.45, 2.75) is 45.1 Å². The van der Waals surface area contributed by atoms with Gasteiger partial charge in [-0.1, -0.05) is 0 Å². The summed E-state index contributed by atoms with van der Waals surface area (Å²) in [6, 6.07) is 4.97. The molecule has 0 saturated carbocycles. The van der Waals surface area contributed by atoms with E-state index in [0.717, 1.165) is 24.1 Å². The van der Waals surface area contributed by atoms with Gasteiger partial charge in [0.15, 0.2) is 0 Å². The van der Waals surface area contributed by atoms with Crippen molar-refractivity contribution in [1.82, 2.24) is 0 Å². The zero-order valence-electron chi connectivity index (χ0n) is 12.6. The van der Waals surface area contributed by atoms with Crippen LogP contribution < -0.4 is 10.6 Å². The van der Waals surface area contributed by atoms with E-state index in [1.165, 1.54) is 0 Å². The third-order valence-corrected chi connectivity index (χ3v) is 3.73. The van der Waals surface area contributed by atoms with Crippen LogP contribution in [0.15, 0.2) is 18.2 Å². The van der Waals surface area contributed by atoms with Gasteiger partial charge in [-0.25, -0.2) is 4.79 Å². The largest absolute Gasteiger partial charge is 0.478 e. The van der Waals surface area contributed by atoms with E-state index in [-0.39, 0.29) is 17.0 Å². The second-order valence-corrected chi connectivity index (χ2v) is 6.29. The van der Waals surface area contributed by atoms with Gasteiger partial charge < -0.3 is 15.7 Å². The molecule has 0 bridgehead atoms. The average molecular weight is 290 g/mol. The van der Waals surface area contributed by atoms with E-state index in [9.17, 15) is 9.59 Å². The van der Waals surface area contributed by atoms with Crippen molar-refractivity contribution in [3.63, 3.8) is 0 Å². The maximum absolute atomic E-state index is 12.4. The number of aryl methyl sites for hydroxylation is 1. The lowest BCUT2D eigenvalue weighted by Crippen LogP contribution is -2.38. The molecule has 1 aromatic carbocycles. The summed E-state index contributed by atoms with van der Waals surface area (Å²) < 4.78 is 0. The van der Waals surface area contributed by atoms with Crippen molar-refractivity contribution < 1.29 is 14.7 Å². The number of hydrogen-bond donors (Lipinski definition) is 2. The average Bonchev–Trinajstić information content (AvgIpc) is 2.42. The molecule has 0 radical (unpaired) electrons. The minimum absolute atomic E-state index is 0.0533. The molecule has 5 nitrogen and oxygen atoms in total. The Morgan fingerprint density at radius 1 is 1.38 bits per heavy atom. The SMILES string of the molecule is CC(C)(N)CCC(=O)N1CCCc2cc(C(=O)O)ccc21. The molecule has 0 saturated heterocycles. The van der Waals surface area contributed by atoms with Crippen molar-refractivity contribution in [1.29, 1.82) is 0 Å². The molecule has 0 fully saturated rings. The van der Waals surface area contributed by atoms with Gasteiger partial charge in [0.2, 0.25) is 5.91 Å². The summed E-state index contributed by atoms with van der Waals surface area (Å²) in [5.41, 5.74) is 7.61. The Morgan fingerprint density at radius 3 is 2.71 bits per heavy atom. The minimum atomic E-state index is -0.939. The Bertz CT molecular complexity index is 561. The van der Waals surface area contributed by atoms with E-state index in [0.29, 0.717) is 19.4 Å². The normalized spacial score (nSPS) is 14.7. The number of carboxylic acids is 1. The Morgan fingerprint density at radius 2 is 2.10 bits per heavy atom. The molecule has 3 N–H and O–H groups in total. The van der Waals surface area contributed by atoms with Gasteiger partial charge in [-0.3, -0.25) is 4.79 Å². The Kier molecular flexibility index (Phi) is 4.32. The fourth-order valence-electron chi connectivity index (χ4n) is 2.55. The highest BCUT2D eigenvalue weighted by Crippen LogP contribution is 2.29. The van der Waals surface area contributed by atoms with Crippen LogP contribution in [-0.2, 0) is 11.2 Å². The van der Waals surface area contributed by atoms with Crippen LogP contribution in [0, 0.1) is 0 Å². The summed E-state index contributed by atoms with van der Waals surface area (Å²) in [4.78, 5) is 25.2. The number of aromatic carboxylic acids is 1. The van der Waals surface area contributed by atoms with Crippen molar-refractivity contribution in [3.05, 3.63) is 29.3 Å². The van der Waals surface area contributed by atoms with Crippen LogP contribution in [0.1, 0.15) is 49.0 Å². The summed E-state index contributed by atoms with van der Waals surface area (Å²) in [6.07, 6.45) is 2.70. The van der Waals surface area contributed by atoms with Crippen LogP contribution >= 0.6 is 0 Å². The number of nitrogens with zero attached hydrogens (tertiary/aromatic N) is 1. The Labute approximate surface area is 124 Å². The van der Waals surface area contributed by atoms with E-state index >= 15 is 0 Å². The molecule has 1 amide bonds. The second-order valence-electron chi connectivity index (χ2n) is 6.29. The van der Waals surface area contributed by atoms with Gasteiger partial charge in [-0.2, -0.15) is 0 Å². The molecule has 0 spiro atoms. The molecule has 114 valence electrons. The van der Waals surface area contributed by atoms with Gasteiger partial charge in [-0.15, -0.1) is 0 Å². The molecule has 1 aromatic rings. The first kappa shape index (κ1) is 15.5. The lowest BCUT2D eigenvalue weighted by atomic mass is 9.96. The summed E-state index contributed by atoms with van der Waals surface area (Å²) in [7, 11) is 0. The maximum Gasteiger partial charge on any atom is 0.335 e. The highest BCUT2D eigenvalue weighted by molar-refractivity contribution is 5.96. The first-order chi connectivity index (χ1) is 9.78. The fourth-order valence-corrected chi connectivity index (χ4v) is 2.55. The number of hydrogen-bond acceptors (Lipinski definition) is 3. The van der Waals surface area contributed by atoms with Crippen LogP contribution in [0.4, 0.5) is 5.69 Å². The van der Waals surface area contributed by atoms with E-state index in [4.69, 9.17) is 10.8 Å². The van der Waals surface area contributed by atoms with E-state index in [1.807, 2.05) is 13.8 Å². The highest BCUT2D eigenvalue weighted by Gasteiger charge is 2.24. The third-order valence-electron chi connectivity index (χ3n) is 3.73. The first-order valence-corrected chi connectivity index (χ1v) is 7.23. The summed E-state index contributed by atoms with van der Waals surface area (Å²) in [5.74, 6) is -0.885. The summed E-state index contributed by atoms with van der Waals surface area (Å²) >= 11 is 0. The number of carbonyl (C=O) groups is 2. The predicted octanol–water partition coefficient (Wildman–Crippen LogP) is 2.18. The van der Waals surface area contributed by atoms with E-state index in [2.05, 4.69) is 0 Å². The molecule has 1 aliphatic heterocycles. The van der Waals surface area contributed by atoms with Gasteiger partial charge in [-0.05, 0) is 56.9 Å². The van der Waals surface area contributed by atoms with Gasteiger partial charge in [0.25, 0.3) is 0 Å². The molecule has 0 unspecified atom stereocenters. The molecule has 0 aliphatic carbocycles. The molecule has 21 heavy (non-hydrogen) atoms. The van der Waals surface area contributed by atoms with Crippen LogP contribution in [-0.4, -0.2) is 29.1 Å². The zero-order chi connectivity index (χ0) is 15.6. The molecule has 5 heteroatoms. The zero-order valence-corrected chi connectivity index (χ0v) is 12.6. The summed E-state index contributed by atoms with van der Waals surface area (Å²) in [5, 5.41) is 9.04. The van der Waals surface area contributed by atoms with Crippen molar-refractivity contribution in [2.75, 3.05) is 11.4 Å². The lowest BCUT2D eigenvalue weighted by Gasteiger charge is -2.30. The number of carboxylic acid groups (broad SMARTS) is 1. The molecule has 2 rings (SSSR count). The second kappa shape index (κ2) is 5.85. The molecular weight excluding hydrogens is 268 g/mol. The quantitative estimate of drug-likeness (QED) is 0.890. The van der Waals surface area contributed by atoms with Crippen LogP contribution in [0.5, 0.6) is 0 Å². The number of carbonyl (C=O) groups excluding carboxylic acids is 1. The van der Waals surface area contributed by atoms with Crippen LogP contribution in [0.25, 0.3) is 0 Å². The fraction of sp³-hybridized carbons (Fsp3) is 0.500. The number of rotatable bonds is 4. The third kappa shape index (κ3) is 3.82. The molecule has 1 heterocycles. The smallest absolute Gasteiger partial charge is 0.335 e. The van der Waals surface area contributed by atoms with Gasteiger partial charge in [0.05, 0.1) is 5.56 Å². The monoisotopic (exact) mass is 290 g/mol. The van der Waals surface area contributed by atoms with Gasteiger partial charge in [0.1, 0.15) is 0 Å². The van der Waals surface area contributed by atoms with E-state index < -0.39 is 5.97 Å². The van der Waals surface area contributed by atoms with Crippen molar-refractivity contribution in [2.24, 2.45) is 5.73 Å². The molecule has 1 aliphatic rings. The van der Waals surface area contributed by atoms with Crippen molar-refractivity contribution >= 4 is 17.6 Å². The van der Waals surface area contributed by atoms with Crippen molar-refractivity contribution in [3.8, 4) is 0 Å². The van der Waals surface area contributed by atoms with Gasteiger partial charge >= 0.3 is 5.97 Å². The minimum Gasteiger partial charge on any atom is -0.478 e. The molecule has 0 atom stereocenters. The van der Waals surface area contributed by atoms with E-state index in [1.54, 1.807) is 23.1 Å². The van der Waals surface area contributed by atoms with Gasteiger partial charge in [0, 0.05) is 24.2 Å². The maximum atomic E-state index is 12.4. The number of nitrogens with two attached hydrogens (primary N) is 1. The number of fused-ring (bicyclic) bond motifs is 1. The standard InChI is InChI=1S/C16H22N2O3/c1-16(2,17)8-7-14(19)18-9-3-4-11-10-12(15(20)21)5-6-13(11)18/h5-6,10H,3-4,7-9,17H2,1-2H3,(H,20,21). The summed E-state index contributed by atoms with van der Waals surface area (Å²) in [6.45, 7) is 4.50. The Balaban J connectivity index is 2.18. The number of anilines is 1.